The third-order valence-corrected chi connectivity index (χ3v) is 3.80. The largest absolute Gasteiger partial charge is 0.480 e. The zero-order chi connectivity index (χ0) is 15.4. The fraction of sp³-hybridized carbons (Fsp3) is 0.467. The van der Waals surface area contributed by atoms with Crippen LogP contribution in [-0.2, 0) is 11.3 Å². The summed E-state index contributed by atoms with van der Waals surface area (Å²) in [4.78, 5) is 24.9. The van der Waals surface area contributed by atoms with Gasteiger partial charge in [-0.2, -0.15) is 0 Å². The van der Waals surface area contributed by atoms with Gasteiger partial charge in [-0.05, 0) is 36.5 Å². The smallest absolute Gasteiger partial charge is 0.326 e. The number of carboxylic acid groups (broad SMARTS) is 1. The number of carboxylic acids is 1. The molecule has 0 spiro atoms. The number of nitrogens with one attached hydrogen (secondary N) is 1. The highest BCUT2D eigenvalue weighted by Gasteiger charge is 2.36. The Morgan fingerprint density at radius 1 is 1.38 bits per heavy atom. The van der Waals surface area contributed by atoms with E-state index >= 15 is 0 Å². The lowest BCUT2D eigenvalue weighted by molar-refractivity contribution is -0.145. The second kappa shape index (κ2) is 6.56. The average Bonchev–Trinajstić information content (AvgIpc) is 2.45. The zero-order valence-corrected chi connectivity index (χ0v) is 11.9. The molecule has 2 N–H and O–H groups in total. The molecular formula is C15H19FN2O3. The number of rotatable bonds is 3. The fourth-order valence-corrected chi connectivity index (χ4v) is 2.67. The van der Waals surface area contributed by atoms with Crippen LogP contribution in [-0.4, -0.2) is 34.6 Å². The molecule has 5 nitrogen and oxygen atoms in total. The van der Waals surface area contributed by atoms with Crippen LogP contribution in [0.1, 0.15) is 25.3 Å². The lowest BCUT2D eigenvalue weighted by Crippen LogP contribution is -2.54. The third kappa shape index (κ3) is 3.71. The third-order valence-electron chi connectivity index (χ3n) is 3.80. The molecule has 21 heavy (non-hydrogen) atoms. The van der Waals surface area contributed by atoms with Crippen LogP contribution in [0.3, 0.4) is 0 Å². The molecule has 2 rings (SSSR count). The Bertz CT molecular complexity index is 518. The Labute approximate surface area is 122 Å². The average molecular weight is 294 g/mol. The lowest BCUT2D eigenvalue weighted by atomic mass is 9.91. The first-order valence-electron chi connectivity index (χ1n) is 7.00. The molecule has 2 unspecified atom stereocenters. The molecule has 6 heteroatoms. The van der Waals surface area contributed by atoms with E-state index in [9.17, 15) is 19.1 Å². The molecule has 1 fully saturated rings. The molecule has 0 saturated carbocycles. The number of carbonyl (C=O) groups is 2. The number of hydrogen-bond acceptors (Lipinski definition) is 2. The van der Waals surface area contributed by atoms with Gasteiger partial charge >= 0.3 is 12.0 Å². The summed E-state index contributed by atoms with van der Waals surface area (Å²) in [7, 11) is 0. The van der Waals surface area contributed by atoms with Crippen molar-refractivity contribution in [2.24, 2.45) is 5.92 Å². The summed E-state index contributed by atoms with van der Waals surface area (Å²) in [5.74, 6) is -1.37. The molecule has 0 bridgehead atoms. The van der Waals surface area contributed by atoms with Gasteiger partial charge in [-0.25, -0.2) is 14.0 Å². The Morgan fingerprint density at radius 2 is 2.05 bits per heavy atom. The van der Waals surface area contributed by atoms with Gasteiger partial charge in [0.05, 0.1) is 0 Å². The van der Waals surface area contributed by atoms with E-state index < -0.39 is 18.0 Å². The van der Waals surface area contributed by atoms with E-state index in [1.54, 1.807) is 12.1 Å². The van der Waals surface area contributed by atoms with E-state index in [1.807, 2.05) is 6.92 Å². The van der Waals surface area contributed by atoms with Crippen molar-refractivity contribution in [1.29, 1.82) is 0 Å². The van der Waals surface area contributed by atoms with Crippen molar-refractivity contribution >= 4 is 12.0 Å². The predicted molar refractivity (Wildman–Crippen MR) is 75.2 cm³/mol. The van der Waals surface area contributed by atoms with Gasteiger partial charge in [-0.15, -0.1) is 0 Å². The van der Waals surface area contributed by atoms with Gasteiger partial charge in [0.25, 0.3) is 0 Å². The van der Waals surface area contributed by atoms with E-state index in [0.29, 0.717) is 6.54 Å². The van der Waals surface area contributed by atoms with Crippen molar-refractivity contribution in [2.75, 3.05) is 6.54 Å². The topological polar surface area (TPSA) is 69.6 Å². The van der Waals surface area contributed by atoms with Gasteiger partial charge < -0.3 is 15.3 Å². The maximum absolute atomic E-state index is 12.8. The van der Waals surface area contributed by atoms with Crippen LogP contribution in [0.2, 0.25) is 0 Å². The van der Waals surface area contributed by atoms with Crippen molar-refractivity contribution in [3.8, 4) is 0 Å². The SMILES string of the molecule is CC1CCCN(C(=O)NCc2ccc(F)cc2)C1C(=O)O. The number of likely N-dealkylation sites (tertiary alicyclic amines) is 1. The molecule has 1 aliphatic rings. The summed E-state index contributed by atoms with van der Waals surface area (Å²) >= 11 is 0. The molecule has 0 aromatic heterocycles. The molecule has 1 heterocycles. The van der Waals surface area contributed by atoms with Gasteiger partial charge in [-0.1, -0.05) is 19.1 Å². The summed E-state index contributed by atoms with van der Waals surface area (Å²) in [6.07, 6.45) is 1.60. The van der Waals surface area contributed by atoms with Crippen molar-refractivity contribution in [3.05, 3.63) is 35.6 Å². The van der Waals surface area contributed by atoms with Crippen LogP contribution in [0.15, 0.2) is 24.3 Å². The number of nitrogens with zero attached hydrogens (tertiary/aromatic N) is 1. The normalized spacial score (nSPS) is 21.9. The van der Waals surface area contributed by atoms with E-state index in [-0.39, 0.29) is 18.3 Å². The number of halogens is 1. The van der Waals surface area contributed by atoms with E-state index in [0.717, 1.165) is 18.4 Å². The van der Waals surface area contributed by atoms with E-state index in [4.69, 9.17) is 0 Å². The fourth-order valence-electron chi connectivity index (χ4n) is 2.67. The monoisotopic (exact) mass is 294 g/mol. The molecule has 2 atom stereocenters. The molecule has 1 aromatic rings. The quantitative estimate of drug-likeness (QED) is 0.898. The Morgan fingerprint density at radius 3 is 2.67 bits per heavy atom. The zero-order valence-electron chi connectivity index (χ0n) is 11.9. The minimum absolute atomic E-state index is 0.0622. The number of urea groups is 1. The molecule has 1 saturated heterocycles. The van der Waals surface area contributed by atoms with Crippen molar-refractivity contribution in [2.45, 2.75) is 32.4 Å². The van der Waals surface area contributed by atoms with Crippen LogP contribution in [0, 0.1) is 11.7 Å². The minimum atomic E-state index is -0.973. The summed E-state index contributed by atoms with van der Waals surface area (Å²) < 4.78 is 12.8. The number of piperidine rings is 1. The van der Waals surface area contributed by atoms with Gasteiger partial charge in [0.15, 0.2) is 0 Å². The van der Waals surface area contributed by atoms with Crippen LogP contribution in [0.4, 0.5) is 9.18 Å². The first-order valence-corrected chi connectivity index (χ1v) is 7.00. The van der Waals surface area contributed by atoms with Gasteiger partial charge in [-0.3, -0.25) is 0 Å². The lowest BCUT2D eigenvalue weighted by Gasteiger charge is -2.37. The summed E-state index contributed by atoms with van der Waals surface area (Å²) in [6.45, 7) is 2.53. The van der Waals surface area contributed by atoms with Gasteiger partial charge in [0.1, 0.15) is 11.9 Å². The van der Waals surface area contributed by atoms with Crippen molar-refractivity contribution in [3.63, 3.8) is 0 Å². The molecule has 114 valence electrons. The van der Waals surface area contributed by atoms with Crippen LogP contribution in [0.25, 0.3) is 0 Å². The van der Waals surface area contributed by atoms with Gasteiger partial charge in [0.2, 0.25) is 0 Å². The summed E-state index contributed by atoms with van der Waals surface area (Å²) in [6, 6.07) is 4.64. The Kier molecular flexibility index (Phi) is 4.77. The van der Waals surface area contributed by atoms with Crippen LogP contribution in [0.5, 0.6) is 0 Å². The molecule has 1 aromatic carbocycles. The Hall–Kier alpha value is -2.11. The second-order valence-corrected chi connectivity index (χ2v) is 5.38. The first kappa shape index (κ1) is 15.3. The van der Waals surface area contributed by atoms with Crippen molar-refractivity contribution in [1.82, 2.24) is 10.2 Å². The molecule has 2 amide bonds. The number of benzene rings is 1. The number of carbonyl (C=O) groups excluding carboxylic acids is 1. The van der Waals surface area contributed by atoms with Crippen LogP contribution < -0.4 is 5.32 Å². The maximum atomic E-state index is 12.8. The Balaban J connectivity index is 1.98. The number of hydrogen-bond donors (Lipinski definition) is 2. The molecule has 0 aliphatic carbocycles. The number of amides is 2. The molecule has 0 radical (unpaired) electrons. The first-order chi connectivity index (χ1) is 9.99. The molecule has 1 aliphatic heterocycles. The summed E-state index contributed by atoms with van der Waals surface area (Å²) in [5, 5.41) is 12.0. The maximum Gasteiger partial charge on any atom is 0.326 e. The highest BCUT2D eigenvalue weighted by atomic mass is 19.1. The second-order valence-electron chi connectivity index (χ2n) is 5.38. The molecular weight excluding hydrogens is 275 g/mol. The van der Waals surface area contributed by atoms with E-state index in [1.165, 1.54) is 17.0 Å². The highest BCUT2D eigenvalue weighted by molar-refractivity contribution is 5.83. The van der Waals surface area contributed by atoms with E-state index in [2.05, 4.69) is 5.32 Å². The highest BCUT2D eigenvalue weighted by Crippen LogP contribution is 2.23. The predicted octanol–water partition coefficient (Wildman–Crippen LogP) is 2.22. The number of aliphatic carboxylic acids is 1. The standard InChI is InChI=1S/C15H19FN2O3/c1-10-3-2-8-18(13(10)14(19)20)15(21)17-9-11-4-6-12(16)7-5-11/h4-7,10,13H,2-3,8-9H2,1H3,(H,17,21)(H,19,20). The van der Waals surface area contributed by atoms with Crippen molar-refractivity contribution < 1.29 is 19.1 Å². The van der Waals surface area contributed by atoms with Crippen LogP contribution >= 0.6 is 0 Å². The summed E-state index contributed by atoms with van der Waals surface area (Å²) in [5.41, 5.74) is 0.765. The minimum Gasteiger partial charge on any atom is -0.480 e. The van der Waals surface area contributed by atoms with Gasteiger partial charge in [0, 0.05) is 13.1 Å².